The summed E-state index contributed by atoms with van der Waals surface area (Å²) in [5, 5.41) is 9.53. The van der Waals surface area contributed by atoms with Gasteiger partial charge in [0.2, 0.25) is 11.1 Å². The number of rotatable bonds is 4. The van der Waals surface area contributed by atoms with Gasteiger partial charge in [0.25, 0.3) is 0 Å². The van der Waals surface area contributed by atoms with Gasteiger partial charge < -0.3 is 0 Å². The first-order chi connectivity index (χ1) is 12.2. The molecule has 1 N–H and O–H groups in total. The molecule has 1 atom stereocenters. The molecule has 0 aliphatic rings. The second kappa shape index (κ2) is 6.77. The second-order valence-electron chi connectivity index (χ2n) is 5.31. The van der Waals surface area contributed by atoms with Crippen LogP contribution in [-0.2, 0) is 28.3 Å². The molecule has 2 aromatic heterocycles. The van der Waals surface area contributed by atoms with Gasteiger partial charge in [-0.1, -0.05) is 35.6 Å². The van der Waals surface area contributed by atoms with E-state index in [2.05, 4.69) is 16.5 Å². The Morgan fingerprint density at radius 1 is 1.16 bits per heavy atom. The fourth-order valence-corrected chi connectivity index (χ4v) is 5.34. The van der Waals surface area contributed by atoms with Crippen LogP contribution in [0.25, 0.3) is 20.4 Å². The predicted octanol–water partition coefficient (Wildman–Crippen LogP) is 3.09. The lowest BCUT2D eigenvalue weighted by molar-refractivity contribution is -0.627. The van der Waals surface area contributed by atoms with Gasteiger partial charge in [0.1, 0.15) is 11.4 Å². The van der Waals surface area contributed by atoms with Crippen LogP contribution in [0, 0.1) is 0 Å². The lowest BCUT2D eigenvalue weighted by Gasteiger charge is -2.00. The van der Waals surface area contributed by atoms with Gasteiger partial charge in [-0.15, -0.1) is 4.33 Å². The van der Waals surface area contributed by atoms with Crippen molar-refractivity contribution in [2.45, 2.75) is 5.88 Å². The largest absolute Gasteiger partial charge is 0.386 e. The molecule has 4 rings (SSSR count). The van der Waals surface area contributed by atoms with Gasteiger partial charge in [0, 0.05) is 4.99 Å². The molecule has 0 aliphatic carbocycles. The maximum Gasteiger partial charge on any atom is 0.386 e. The highest BCUT2D eigenvalue weighted by Crippen LogP contribution is 2.26. The minimum absolute atomic E-state index is 0.00789. The van der Waals surface area contributed by atoms with Crippen LogP contribution in [0.15, 0.2) is 53.5 Å². The third-order valence-electron chi connectivity index (χ3n) is 3.81. The van der Waals surface area contributed by atoms with Crippen molar-refractivity contribution in [1.82, 2.24) is 4.57 Å². The van der Waals surface area contributed by atoms with Crippen LogP contribution < -0.4 is 9.37 Å². The minimum Gasteiger partial charge on any atom is -0.280 e. The van der Waals surface area contributed by atoms with E-state index in [1.54, 1.807) is 15.9 Å². The summed E-state index contributed by atoms with van der Waals surface area (Å²) in [6, 6.07) is 15.9. The van der Waals surface area contributed by atoms with Crippen LogP contribution in [0.5, 0.6) is 0 Å². The first kappa shape index (κ1) is 16.6. The molecule has 6 nitrogen and oxygen atoms in total. The highest BCUT2D eigenvalue weighted by Gasteiger charge is 2.18. The normalized spacial score (nSPS) is 13.8. The summed E-state index contributed by atoms with van der Waals surface area (Å²) in [4.78, 5) is 5.50. The molecule has 25 heavy (non-hydrogen) atoms. The van der Waals surface area contributed by atoms with E-state index in [0.29, 0.717) is 4.80 Å². The number of benzene rings is 2. The molecular formula is C16H14N3O3S3+. The number of fused-ring (bicyclic) bond motifs is 2. The van der Waals surface area contributed by atoms with E-state index in [0.717, 1.165) is 25.6 Å². The fraction of sp³-hybridized carbons (Fsp3) is 0.125. The molecule has 0 saturated carbocycles. The number of hydrogen-bond acceptors (Lipinski definition) is 6. The SMILES string of the molecule is C[n+]1c(/N=c2\sc3ccccc3n2CS(=O)OO)sc2ccccc21. The average Bonchev–Trinajstić information content (AvgIpc) is 3.14. The minimum atomic E-state index is -1.84. The van der Waals surface area contributed by atoms with Crippen LogP contribution in [0.3, 0.4) is 0 Å². The topological polar surface area (TPSA) is 67.7 Å². The molecule has 0 fully saturated rings. The summed E-state index contributed by atoms with van der Waals surface area (Å²) in [6.45, 7) is 0. The number of aromatic nitrogens is 2. The first-order valence-corrected chi connectivity index (χ1v) is 10.3. The van der Waals surface area contributed by atoms with Crippen molar-refractivity contribution in [2.24, 2.45) is 12.0 Å². The molecule has 0 bridgehead atoms. The van der Waals surface area contributed by atoms with Crippen LogP contribution >= 0.6 is 22.7 Å². The zero-order valence-corrected chi connectivity index (χ0v) is 15.6. The standard InChI is InChI=1S/C16H13N3O3S3/c1-18-11-6-2-4-8-13(11)23-15(18)17-16-19(10-25(21)22-20)12-7-3-5-9-14(12)24-16/h2-9H,10H2,1H3/p+1. The molecule has 9 heteroatoms. The van der Waals surface area contributed by atoms with Crippen LogP contribution in [0.2, 0.25) is 0 Å². The molecule has 4 aromatic rings. The van der Waals surface area contributed by atoms with Crippen LogP contribution in [-0.4, -0.2) is 14.0 Å². The Labute approximate surface area is 153 Å². The highest BCUT2D eigenvalue weighted by molar-refractivity contribution is 7.79. The molecule has 2 heterocycles. The van der Waals surface area contributed by atoms with E-state index in [9.17, 15) is 4.21 Å². The van der Waals surface area contributed by atoms with E-state index >= 15 is 0 Å². The smallest absolute Gasteiger partial charge is 0.280 e. The van der Waals surface area contributed by atoms with E-state index in [1.807, 2.05) is 48.0 Å². The Morgan fingerprint density at radius 2 is 1.88 bits per heavy atom. The van der Waals surface area contributed by atoms with Gasteiger partial charge in [0.05, 0.1) is 22.0 Å². The zero-order valence-electron chi connectivity index (χ0n) is 13.2. The number of aryl methyl sites for hydroxylation is 1. The maximum absolute atomic E-state index is 11.7. The van der Waals surface area contributed by atoms with Crippen molar-refractivity contribution in [2.75, 3.05) is 0 Å². The summed E-state index contributed by atoms with van der Waals surface area (Å²) in [6.07, 6.45) is 0. The van der Waals surface area contributed by atoms with Gasteiger partial charge in [-0.25, -0.2) is 14.0 Å². The summed E-state index contributed by atoms with van der Waals surface area (Å²) in [5.41, 5.74) is 2.02. The number of nitrogens with zero attached hydrogens (tertiary/aromatic N) is 3. The molecule has 1 unspecified atom stereocenters. The third-order valence-corrected chi connectivity index (χ3v) is 6.62. The van der Waals surface area contributed by atoms with E-state index < -0.39 is 11.1 Å². The van der Waals surface area contributed by atoms with E-state index in [1.165, 1.54) is 11.3 Å². The third kappa shape index (κ3) is 3.05. The number of para-hydroxylation sites is 2. The molecule has 0 saturated heterocycles. The Hall–Kier alpha value is -1.91. The first-order valence-electron chi connectivity index (χ1n) is 7.38. The molecule has 0 aliphatic heterocycles. The second-order valence-corrected chi connectivity index (χ2v) is 8.34. The molecule has 0 amide bonds. The molecular weight excluding hydrogens is 378 g/mol. The predicted molar refractivity (Wildman–Crippen MR) is 99.9 cm³/mol. The lowest BCUT2D eigenvalue weighted by Crippen LogP contribution is -2.27. The molecule has 2 aromatic carbocycles. The highest BCUT2D eigenvalue weighted by atomic mass is 32.2. The number of hydrogen-bond donors (Lipinski definition) is 1. The van der Waals surface area contributed by atoms with E-state index in [-0.39, 0.29) is 5.88 Å². The average molecular weight is 393 g/mol. The number of thiazole rings is 2. The molecule has 0 radical (unpaired) electrons. The Morgan fingerprint density at radius 3 is 2.64 bits per heavy atom. The zero-order chi connectivity index (χ0) is 17.4. The monoisotopic (exact) mass is 392 g/mol. The van der Waals surface area contributed by atoms with Gasteiger partial charge in [-0.3, -0.25) is 4.57 Å². The van der Waals surface area contributed by atoms with Crippen molar-refractivity contribution < 1.29 is 18.4 Å². The quantitative estimate of drug-likeness (QED) is 0.330. The maximum atomic E-state index is 11.7. The molecule has 128 valence electrons. The van der Waals surface area contributed by atoms with Crippen molar-refractivity contribution >= 4 is 59.3 Å². The summed E-state index contributed by atoms with van der Waals surface area (Å²) in [7, 11) is 1.98. The van der Waals surface area contributed by atoms with Crippen molar-refractivity contribution in [3.05, 3.63) is 53.3 Å². The van der Waals surface area contributed by atoms with Crippen molar-refractivity contribution in [1.29, 1.82) is 0 Å². The van der Waals surface area contributed by atoms with Gasteiger partial charge >= 0.3 is 9.93 Å². The summed E-state index contributed by atoms with van der Waals surface area (Å²) in [5.74, 6) is 0.00789. The van der Waals surface area contributed by atoms with Gasteiger partial charge in [0.15, 0.2) is 0 Å². The van der Waals surface area contributed by atoms with Crippen molar-refractivity contribution in [3.63, 3.8) is 0 Å². The van der Waals surface area contributed by atoms with Crippen LogP contribution in [0.1, 0.15) is 0 Å². The summed E-state index contributed by atoms with van der Waals surface area (Å²) >= 11 is 1.26. The fourth-order valence-electron chi connectivity index (χ4n) is 2.63. The Balaban J connectivity index is 1.95. The van der Waals surface area contributed by atoms with E-state index in [4.69, 9.17) is 10.2 Å². The van der Waals surface area contributed by atoms with Gasteiger partial charge in [-0.05, 0) is 35.6 Å². The molecule has 0 spiro atoms. The Bertz CT molecular complexity index is 1160. The van der Waals surface area contributed by atoms with Crippen molar-refractivity contribution in [3.8, 4) is 0 Å². The Kier molecular flexibility index (Phi) is 4.48. The van der Waals surface area contributed by atoms with Crippen LogP contribution in [0.4, 0.5) is 5.13 Å². The summed E-state index contributed by atoms with van der Waals surface area (Å²) < 4.78 is 21.7. The lowest BCUT2D eigenvalue weighted by atomic mass is 10.3. The van der Waals surface area contributed by atoms with Gasteiger partial charge in [-0.2, -0.15) is 0 Å².